The van der Waals surface area contributed by atoms with Crippen LogP contribution in [0.15, 0.2) is 194 Å². The monoisotopic (exact) mass is 624 g/mol. The molecule has 2 aromatic heterocycles. The molecule has 0 unspecified atom stereocenters. The first kappa shape index (κ1) is 28.7. The molecule has 0 aliphatic carbocycles. The van der Waals surface area contributed by atoms with Crippen molar-refractivity contribution in [2.24, 2.45) is 0 Å². The summed E-state index contributed by atoms with van der Waals surface area (Å²) < 4.78 is 2.39. The standard InChI is InChI=1S/C47H32N2/c1-4-10-33(11-5-1)36-16-18-38(19-17-36)39-23-28-46-43(30-39)44-31-40(45-27-22-41(32-48-45)35-14-8-3-9-15-35)24-29-47(44)49(46)42-25-20-37(21-26-42)34-12-6-2-7-13-34/h1-32H. The summed E-state index contributed by atoms with van der Waals surface area (Å²) in [6, 6.07) is 67.2. The van der Waals surface area contributed by atoms with Gasteiger partial charge in [0, 0.05) is 33.8 Å². The van der Waals surface area contributed by atoms with Gasteiger partial charge in [-0.25, -0.2) is 0 Å². The highest BCUT2D eigenvalue weighted by Gasteiger charge is 2.15. The maximum absolute atomic E-state index is 4.91. The van der Waals surface area contributed by atoms with Crippen LogP contribution in [0.2, 0.25) is 0 Å². The lowest BCUT2D eigenvalue weighted by atomic mass is 9.98. The second-order valence-corrected chi connectivity index (χ2v) is 12.5. The third-order valence-corrected chi connectivity index (χ3v) is 9.49. The van der Waals surface area contributed by atoms with Crippen LogP contribution in [0.4, 0.5) is 0 Å². The van der Waals surface area contributed by atoms with Gasteiger partial charge in [0.2, 0.25) is 0 Å². The number of nitrogens with zero attached hydrogens (tertiary/aromatic N) is 2. The van der Waals surface area contributed by atoms with Gasteiger partial charge in [0.15, 0.2) is 0 Å². The van der Waals surface area contributed by atoms with Crippen molar-refractivity contribution < 1.29 is 0 Å². The second-order valence-electron chi connectivity index (χ2n) is 12.5. The van der Waals surface area contributed by atoms with Gasteiger partial charge >= 0.3 is 0 Å². The minimum Gasteiger partial charge on any atom is -0.309 e. The van der Waals surface area contributed by atoms with E-state index in [1.807, 2.05) is 12.3 Å². The maximum atomic E-state index is 4.91. The molecule has 0 amide bonds. The minimum atomic E-state index is 0.961. The predicted molar refractivity (Wildman–Crippen MR) is 206 cm³/mol. The number of aromatic nitrogens is 2. The van der Waals surface area contributed by atoms with Crippen molar-refractivity contribution in [1.82, 2.24) is 9.55 Å². The van der Waals surface area contributed by atoms with Gasteiger partial charge in [-0.1, -0.05) is 146 Å². The lowest BCUT2D eigenvalue weighted by Crippen LogP contribution is -1.94. The topological polar surface area (TPSA) is 17.8 Å². The van der Waals surface area contributed by atoms with Crippen LogP contribution in [0.25, 0.3) is 83.3 Å². The summed E-state index contributed by atoms with van der Waals surface area (Å²) in [4.78, 5) is 4.91. The quantitative estimate of drug-likeness (QED) is 0.180. The van der Waals surface area contributed by atoms with Gasteiger partial charge in [-0.2, -0.15) is 0 Å². The average Bonchev–Trinajstić information content (AvgIpc) is 3.52. The summed E-state index contributed by atoms with van der Waals surface area (Å²) in [5.74, 6) is 0. The molecule has 0 bridgehead atoms. The van der Waals surface area contributed by atoms with Crippen LogP contribution >= 0.6 is 0 Å². The molecule has 0 N–H and O–H groups in total. The van der Waals surface area contributed by atoms with Gasteiger partial charge in [0.05, 0.1) is 16.7 Å². The highest BCUT2D eigenvalue weighted by atomic mass is 15.0. The summed E-state index contributed by atoms with van der Waals surface area (Å²) in [6.45, 7) is 0. The number of fused-ring (bicyclic) bond motifs is 3. The van der Waals surface area contributed by atoms with Gasteiger partial charge in [-0.15, -0.1) is 0 Å². The van der Waals surface area contributed by atoms with E-state index in [2.05, 4.69) is 187 Å². The Bertz CT molecular complexity index is 2390. The first-order chi connectivity index (χ1) is 24.3. The Morgan fingerprint density at radius 2 is 0.694 bits per heavy atom. The molecule has 2 nitrogen and oxygen atoms in total. The van der Waals surface area contributed by atoms with Crippen molar-refractivity contribution in [3.8, 4) is 61.5 Å². The molecule has 0 spiro atoms. The van der Waals surface area contributed by atoms with Crippen LogP contribution in [0.3, 0.4) is 0 Å². The smallest absolute Gasteiger partial charge is 0.0702 e. The van der Waals surface area contributed by atoms with Crippen LogP contribution in [0.5, 0.6) is 0 Å². The lowest BCUT2D eigenvalue weighted by molar-refractivity contribution is 1.18. The van der Waals surface area contributed by atoms with E-state index in [-0.39, 0.29) is 0 Å². The molecule has 49 heavy (non-hydrogen) atoms. The Labute approximate surface area is 286 Å². The van der Waals surface area contributed by atoms with Crippen molar-refractivity contribution in [1.29, 1.82) is 0 Å². The largest absolute Gasteiger partial charge is 0.309 e. The summed E-state index contributed by atoms with van der Waals surface area (Å²) in [5.41, 5.74) is 15.1. The normalized spacial score (nSPS) is 11.3. The summed E-state index contributed by atoms with van der Waals surface area (Å²) >= 11 is 0. The van der Waals surface area contributed by atoms with E-state index in [1.165, 1.54) is 60.8 Å². The fourth-order valence-electron chi connectivity index (χ4n) is 6.93. The highest BCUT2D eigenvalue weighted by molar-refractivity contribution is 6.11. The van der Waals surface area contributed by atoms with E-state index in [9.17, 15) is 0 Å². The SMILES string of the molecule is c1ccc(-c2ccc(-c3ccc4c(c3)c3cc(-c5ccc(-c6ccccc6)cn5)ccc3n4-c3ccc(-c4ccccc4)cc3)cc2)cc1. The van der Waals surface area contributed by atoms with E-state index in [0.29, 0.717) is 0 Å². The Morgan fingerprint density at radius 3 is 1.20 bits per heavy atom. The Morgan fingerprint density at radius 1 is 0.306 bits per heavy atom. The molecule has 0 fully saturated rings. The zero-order valence-electron chi connectivity index (χ0n) is 26.9. The van der Waals surface area contributed by atoms with Crippen LogP contribution in [0, 0.1) is 0 Å². The third kappa shape index (κ3) is 5.40. The minimum absolute atomic E-state index is 0.961. The average molecular weight is 625 g/mol. The Kier molecular flexibility index (Phi) is 7.18. The van der Waals surface area contributed by atoms with Gasteiger partial charge in [0.25, 0.3) is 0 Å². The molecule has 9 rings (SSSR count). The molecular formula is C47H32N2. The molecule has 9 aromatic rings. The van der Waals surface area contributed by atoms with Crippen LogP contribution < -0.4 is 0 Å². The number of rotatable bonds is 6. The van der Waals surface area contributed by atoms with Crippen LogP contribution in [-0.2, 0) is 0 Å². The maximum Gasteiger partial charge on any atom is 0.0702 e. The first-order valence-electron chi connectivity index (χ1n) is 16.7. The van der Waals surface area contributed by atoms with Gasteiger partial charge in [-0.3, -0.25) is 4.98 Å². The van der Waals surface area contributed by atoms with E-state index < -0.39 is 0 Å². The fraction of sp³-hybridized carbons (Fsp3) is 0. The zero-order chi connectivity index (χ0) is 32.6. The molecule has 0 saturated heterocycles. The van der Waals surface area contributed by atoms with Crippen LogP contribution in [0.1, 0.15) is 0 Å². The predicted octanol–water partition coefficient (Wildman–Crippen LogP) is 12.5. The van der Waals surface area contributed by atoms with Crippen molar-refractivity contribution in [2.75, 3.05) is 0 Å². The van der Waals surface area contributed by atoms with Crippen molar-refractivity contribution in [3.05, 3.63) is 194 Å². The number of hydrogen-bond acceptors (Lipinski definition) is 1. The molecule has 0 saturated carbocycles. The van der Waals surface area contributed by atoms with Gasteiger partial charge in [-0.05, 0) is 81.4 Å². The van der Waals surface area contributed by atoms with E-state index in [4.69, 9.17) is 4.98 Å². The molecule has 0 aliphatic rings. The third-order valence-electron chi connectivity index (χ3n) is 9.49. The van der Waals surface area contributed by atoms with Gasteiger partial charge < -0.3 is 4.57 Å². The number of pyridine rings is 1. The summed E-state index contributed by atoms with van der Waals surface area (Å²) in [7, 11) is 0. The van der Waals surface area contributed by atoms with Crippen molar-refractivity contribution >= 4 is 21.8 Å². The Balaban J connectivity index is 1.17. The number of benzene rings is 7. The zero-order valence-corrected chi connectivity index (χ0v) is 26.9. The van der Waals surface area contributed by atoms with E-state index >= 15 is 0 Å². The molecular weight excluding hydrogens is 593 g/mol. The van der Waals surface area contributed by atoms with E-state index in [1.54, 1.807) is 0 Å². The molecule has 7 aromatic carbocycles. The molecule has 2 heteroatoms. The lowest BCUT2D eigenvalue weighted by Gasteiger charge is -2.10. The van der Waals surface area contributed by atoms with E-state index in [0.717, 1.165) is 22.5 Å². The second kappa shape index (κ2) is 12.3. The van der Waals surface area contributed by atoms with Gasteiger partial charge in [0.1, 0.15) is 0 Å². The fourth-order valence-corrected chi connectivity index (χ4v) is 6.93. The first-order valence-corrected chi connectivity index (χ1v) is 16.7. The molecule has 0 aliphatic heterocycles. The van der Waals surface area contributed by atoms with Crippen molar-refractivity contribution in [3.63, 3.8) is 0 Å². The molecule has 230 valence electrons. The summed E-state index contributed by atoms with van der Waals surface area (Å²) in [5, 5.41) is 2.42. The molecule has 2 heterocycles. The number of hydrogen-bond donors (Lipinski definition) is 0. The van der Waals surface area contributed by atoms with Crippen LogP contribution in [-0.4, -0.2) is 9.55 Å². The highest BCUT2D eigenvalue weighted by Crippen LogP contribution is 2.38. The van der Waals surface area contributed by atoms with Crippen molar-refractivity contribution in [2.45, 2.75) is 0 Å². The molecule has 0 atom stereocenters. The summed E-state index contributed by atoms with van der Waals surface area (Å²) in [6.07, 6.45) is 1.98. The molecule has 0 radical (unpaired) electrons. The Hall–Kier alpha value is -6.51.